The Kier molecular flexibility index (Phi) is 2.80. The molecule has 0 atom stereocenters. The van der Waals surface area contributed by atoms with E-state index in [0.717, 1.165) is 0 Å². The lowest BCUT2D eigenvalue weighted by Crippen LogP contribution is -1.95. The number of carboxylic acids is 1. The first-order valence-electron chi connectivity index (χ1n) is 3.77. The second kappa shape index (κ2) is 3.85. The fraction of sp³-hybridized carbons (Fsp3) is 0.100. The predicted octanol–water partition coefficient (Wildman–Crippen LogP) is 2.31. The number of hydrogen-bond acceptors (Lipinski definition) is 1. The average Bonchev–Trinajstić information content (AvgIpc) is 2.04. The summed E-state index contributed by atoms with van der Waals surface area (Å²) in [5.74, 6) is -1.36. The SMILES string of the molecule is CC(=Cc1cccc(F)c1)C(=O)O. The van der Waals surface area contributed by atoms with Crippen LogP contribution in [0.2, 0.25) is 0 Å². The molecule has 2 nitrogen and oxygen atoms in total. The maximum atomic E-state index is 12.6. The van der Waals surface area contributed by atoms with E-state index in [1.807, 2.05) is 0 Å². The number of halogens is 1. The Hall–Kier alpha value is -1.64. The summed E-state index contributed by atoms with van der Waals surface area (Å²) in [4.78, 5) is 10.4. The molecule has 0 radical (unpaired) electrons. The molecule has 0 fully saturated rings. The van der Waals surface area contributed by atoms with Crippen molar-refractivity contribution in [1.29, 1.82) is 0 Å². The van der Waals surface area contributed by atoms with Crippen LogP contribution in [0.5, 0.6) is 0 Å². The topological polar surface area (TPSA) is 37.3 Å². The van der Waals surface area contributed by atoms with Crippen molar-refractivity contribution in [2.24, 2.45) is 0 Å². The highest BCUT2D eigenvalue weighted by Gasteiger charge is 1.99. The van der Waals surface area contributed by atoms with E-state index in [0.29, 0.717) is 5.56 Å². The third kappa shape index (κ3) is 2.71. The van der Waals surface area contributed by atoms with Gasteiger partial charge in [0.15, 0.2) is 0 Å². The van der Waals surface area contributed by atoms with E-state index in [2.05, 4.69) is 0 Å². The molecule has 0 saturated heterocycles. The van der Waals surface area contributed by atoms with Crippen molar-refractivity contribution in [3.05, 3.63) is 41.2 Å². The minimum atomic E-state index is -0.996. The monoisotopic (exact) mass is 180 g/mol. The Bertz CT molecular complexity index is 356. The van der Waals surface area contributed by atoms with Crippen LogP contribution in [0.4, 0.5) is 4.39 Å². The molecular formula is C10H9FO2. The standard InChI is InChI=1S/C10H9FO2/c1-7(10(12)13)5-8-3-2-4-9(11)6-8/h2-6H,1H3,(H,12,13). The van der Waals surface area contributed by atoms with Crippen LogP contribution in [0.25, 0.3) is 6.08 Å². The molecule has 0 saturated carbocycles. The fourth-order valence-electron chi connectivity index (χ4n) is 0.908. The summed E-state index contributed by atoms with van der Waals surface area (Å²) in [6.07, 6.45) is 1.42. The Balaban J connectivity index is 2.97. The first-order valence-corrected chi connectivity index (χ1v) is 3.77. The number of benzene rings is 1. The highest BCUT2D eigenvalue weighted by Crippen LogP contribution is 2.08. The largest absolute Gasteiger partial charge is 0.478 e. The zero-order chi connectivity index (χ0) is 9.84. The molecule has 0 aliphatic heterocycles. The Morgan fingerprint density at radius 1 is 1.54 bits per heavy atom. The summed E-state index contributed by atoms with van der Waals surface area (Å²) in [6.45, 7) is 1.47. The molecular weight excluding hydrogens is 171 g/mol. The van der Waals surface area contributed by atoms with Crippen LogP contribution in [-0.2, 0) is 4.79 Å². The summed E-state index contributed by atoms with van der Waals surface area (Å²) in [5.41, 5.74) is 0.741. The molecule has 0 aliphatic rings. The van der Waals surface area contributed by atoms with Gasteiger partial charge in [-0.2, -0.15) is 0 Å². The van der Waals surface area contributed by atoms with Crippen LogP contribution >= 0.6 is 0 Å². The average molecular weight is 180 g/mol. The molecule has 1 aromatic carbocycles. The lowest BCUT2D eigenvalue weighted by Gasteiger charge is -1.95. The van der Waals surface area contributed by atoms with Gasteiger partial charge in [-0.3, -0.25) is 0 Å². The molecule has 1 rings (SSSR count). The predicted molar refractivity (Wildman–Crippen MR) is 47.7 cm³/mol. The smallest absolute Gasteiger partial charge is 0.331 e. The zero-order valence-corrected chi connectivity index (χ0v) is 7.12. The second-order valence-electron chi connectivity index (χ2n) is 2.69. The van der Waals surface area contributed by atoms with Crippen molar-refractivity contribution < 1.29 is 14.3 Å². The summed E-state index contributed by atoms with van der Waals surface area (Å²) < 4.78 is 12.6. The molecule has 1 aromatic rings. The third-order valence-electron chi connectivity index (χ3n) is 1.57. The molecule has 68 valence electrons. The molecule has 13 heavy (non-hydrogen) atoms. The van der Waals surface area contributed by atoms with Crippen molar-refractivity contribution in [2.75, 3.05) is 0 Å². The van der Waals surface area contributed by atoms with Crippen molar-refractivity contribution in [3.8, 4) is 0 Å². The normalized spacial score (nSPS) is 11.4. The van der Waals surface area contributed by atoms with E-state index in [-0.39, 0.29) is 11.4 Å². The molecule has 0 spiro atoms. The van der Waals surface area contributed by atoms with Gasteiger partial charge in [0.05, 0.1) is 0 Å². The molecule has 0 aromatic heterocycles. The molecule has 0 bridgehead atoms. The number of aliphatic carboxylic acids is 1. The zero-order valence-electron chi connectivity index (χ0n) is 7.12. The first kappa shape index (κ1) is 9.45. The van der Waals surface area contributed by atoms with Crippen molar-refractivity contribution in [1.82, 2.24) is 0 Å². The fourth-order valence-corrected chi connectivity index (χ4v) is 0.908. The van der Waals surface area contributed by atoms with Crippen molar-refractivity contribution >= 4 is 12.0 Å². The van der Waals surface area contributed by atoms with E-state index >= 15 is 0 Å². The van der Waals surface area contributed by atoms with Crippen molar-refractivity contribution in [3.63, 3.8) is 0 Å². The van der Waals surface area contributed by atoms with E-state index in [4.69, 9.17) is 5.11 Å². The molecule has 1 N–H and O–H groups in total. The second-order valence-corrected chi connectivity index (χ2v) is 2.69. The van der Waals surface area contributed by atoms with Crippen molar-refractivity contribution in [2.45, 2.75) is 6.92 Å². The van der Waals surface area contributed by atoms with Gasteiger partial charge in [-0.1, -0.05) is 12.1 Å². The highest BCUT2D eigenvalue weighted by atomic mass is 19.1. The van der Waals surface area contributed by atoms with Gasteiger partial charge in [0, 0.05) is 5.57 Å². The lowest BCUT2D eigenvalue weighted by atomic mass is 10.1. The van der Waals surface area contributed by atoms with E-state index in [9.17, 15) is 9.18 Å². The summed E-state index contributed by atoms with van der Waals surface area (Å²) in [6, 6.07) is 5.78. The van der Waals surface area contributed by atoms with E-state index in [1.165, 1.54) is 31.2 Å². The van der Waals surface area contributed by atoms with Gasteiger partial charge in [-0.15, -0.1) is 0 Å². The molecule has 0 aliphatic carbocycles. The van der Waals surface area contributed by atoms with Gasteiger partial charge < -0.3 is 5.11 Å². The third-order valence-corrected chi connectivity index (χ3v) is 1.57. The Labute approximate surface area is 75.3 Å². The van der Waals surface area contributed by atoms with Gasteiger partial charge in [0.25, 0.3) is 0 Å². The molecule has 0 heterocycles. The Morgan fingerprint density at radius 3 is 2.77 bits per heavy atom. The minimum Gasteiger partial charge on any atom is -0.478 e. The van der Waals surface area contributed by atoms with Crippen LogP contribution in [0.3, 0.4) is 0 Å². The quantitative estimate of drug-likeness (QED) is 0.709. The number of carbonyl (C=O) groups is 1. The summed E-state index contributed by atoms with van der Waals surface area (Å²) >= 11 is 0. The lowest BCUT2D eigenvalue weighted by molar-refractivity contribution is -0.132. The van der Waals surface area contributed by atoms with Gasteiger partial charge in [0.1, 0.15) is 5.82 Å². The van der Waals surface area contributed by atoms with Crippen LogP contribution in [0, 0.1) is 5.82 Å². The highest BCUT2D eigenvalue weighted by molar-refractivity contribution is 5.91. The minimum absolute atomic E-state index is 0.186. The van der Waals surface area contributed by atoms with Crippen LogP contribution < -0.4 is 0 Å². The van der Waals surface area contributed by atoms with Gasteiger partial charge >= 0.3 is 5.97 Å². The van der Waals surface area contributed by atoms with Gasteiger partial charge in [0.2, 0.25) is 0 Å². The first-order chi connectivity index (χ1) is 6.09. The molecule has 0 unspecified atom stereocenters. The maximum Gasteiger partial charge on any atom is 0.331 e. The summed E-state index contributed by atoms with van der Waals surface area (Å²) in [7, 11) is 0. The van der Waals surface area contributed by atoms with E-state index in [1.54, 1.807) is 6.07 Å². The van der Waals surface area contributed by atoms with Crippen LogP contribution in [0.1, 0.15) is 12.5 Å². The number of carboxylic acid groups (broad SMARTS) is 1. The molecule has 3 heteroatoms. The number of rotatable bonds is 2. The summed E-state index contributed by atoms with van der Waals surface area (Å²) in [5, 5.41) is 8.55. The maximum absolute atomic E-state index is 12.6. The molecule has 0 amide bonds. The van der Waals surface area contributed by atoms with Gasteiger partial charge in [-0.05, 0) is 30.7 Å². The van der Waals surface area contributed by atoms with E-state index < -0.39 is 5.97 Å². The number of hydrogen-bond donors (Lipinski definition) is 1. The van der Waals surface area contributed by atoms with Crippen LogP contribution in [-0.4, -0.2) is 11.1 Å². The Morgan fingerprint density at radius 2 is 2.23 bits per heavy atom. The van der Waals surface area contributed by atoms with Crippen LogP contribution in [0.15, 0.2) is 29.8 Å². The van der Waals surface area contributed by atoms with Gasteiger partial charge in [-0.25, -0.2) is 9.18 Å².